The van der Waals surface area contributed by atoms with Gasteiger partial charge in [-0.3, -0.25) is 9.78 Å². The van der Waals surface area contributed by atoms with Crippen molar-refractivity contribution in [1.82, 2.24) is 4.98 Å². The van der Waals surface area contributed by atoms with E-state index in [1.54, 1.807) is 0 Å². The van der Waals surface area contributed by atoms with Crippen LogP contribution in [0.5, 0.6) is 0 Å². The molecule has 1 rings (SSSR count). The topological polar surface area (TPSA) is 30.0 Å². The average molecular weight is 210 g/mol. The van der Waals surface area contributed by atoms with Gasteiger partial charge in [0.05, 0.1) is 16.8 Å². The summed E-state index contributed by atoms with van der Waals surface area (Å²) in [4.78, 5) is 13.3. The second kappa shape index (κ2) is 3.74. The normalized spacial score (nSPS) is 10.5. The lowest BCUT2D eigenvalue weighted by Gasteiger charge is -2.03. The van der Waals surface area contributed by atoms with Gasteiger partial charge in [-0.2, -0.15) is 0 Å². The van der Waals surface area contributed by atoms with Crippen LogP contribution >= 0.6 is 11.6 Å². The maximum atomic E-state index is 12.6. The van der Waals surface area contributed by atoms with Gasteiger partial charge < -0.3 is 0 Å². The van der Waals surface area contributed by atoms with Crippen molar-refractivity contribution in [1.29, 1.82) is 0 Å². The van der Waals surface area contributed by atoms with Crippen molar-refractivity contribution in [3.8, 4) is 0 Å². The predicted octanol–water partition coefficient (Wildman–Crippen LogP) is 2.62. The third-order valence-electron chi connectivity index (χ3n) is 1.36. The molecule has 70 valence electrons. The van der Waals surface area contributed by atoms with Gasteiger partial charge in [0.15, 0.2) is 12.1 Å². The fourth-order valence-electron chi connectivity index (χ4n) is 0.780. The first-order valence-corrected chi connectivity index (χ1v) is 3.53. The molecule has 13 heavy (non-hydrogen) atoms. The van der Waals surface area contributed by atoms with E-state index in [9.17, 15) is 18.0 Å². The summed E-state index contributed by atoms with van der Waals surface area (Å²) in [6.07, 6.45) is -2.34. The molecule has 0 saturated heterocycles. The Kier molecular flexibility index (Phi) is 2.87. The molecule has 6 heteroatoms. The molecule has 0 bridgehead atoms. The molecule has 1 heterocycles. The highest BCUT2D eigenvalue weighted by Crippen LogP contribution is 2.26. The summed E-state index contributed by atoms with van der Waals surface area (Å²) in [5, 5.41) is -0.625. The molecule has 0 fully saturated rings. The SMILES string of the molecule is O=Cc1c(C(F)F)ncc(F)c1Cl. The lowest BCUT2D eigenvalue weighted by atomic mass is 10.2. The molecule has 1 aromatic heterocycles. The number of alkyl halides is 2. The van der Waals surface area contributed by atoms with Crippen LogP contribution in [0.15, 0.2) is 6.20 Å². The first-order chi connectivity index (χ1) is 6.07. The Hall–Kier alpha value is -1.10. The smallest absolute Gasteiger partial charge is 0.281 e. The minimum absolute atomic E-state index is 0.0555. The number of carbonyl (C=O) groups excluding carboxylic acids is 1. The molecule has 0 saturated carbocycles. The largest absolute Gasteiger partial charge is 0.298 e. The standard InChI is InChI=1S/C7H3ClF3NO/c8-5-3(2-13)6(7(10)11)12-1-4(5)9/h1-2,7H. The fourth-order valence-corrected chi connectivity index (χ4v) is 0.970. The second-order valence-corrected chi connectivity index (χ2v) is 2.52. The molecule has 1 aromatic rings. The molecular formula is C7H3ClF3NO. The van der Waals surface area contributed by atoms with Gasteiger partial charge in [0, 0.05) is 0 Å². The number of hydrogen-bond donors (Lipinski definition) is 0. The van der Waals surface area contributed by atoms with Crippen molar-refractivity contribution in [2.75, 3.05) is 0 Å². The van der Waals surface area contributed by atoms with Crippen molar-refractivity contribution in [3.63, 3.8) is 0 Å². The number of carbonyl (C=O) groups is 1. The van der Waals surface area contributed by atoms with Crippen molar-refractivity contribution >= 4 is 17.9 Å². The van der Waals surface area contributed by atoms with Crippen LogP contribution in [0.25, 0.3) is 0 Å². The summed E-state index contributed by atoms with van der Waals surface area (Å²) in [7, 11) is 0. The highest BCUT2D eigenvalue weighted by molar-refractivity contribution is 6.33. The lowest BCUT2D eigenvalue weighted by molar-refractivity contribution is 0.110. The summed E-state index contributed by atoms with van der Waals surface area (Å²) in [6, 6.07) is 0. The Morgan fingerprint density at radius 1 is 1.54 bits per heavy atom. The van der Waals surface area contributed by atoms with Gasteiger partial charge in [-0.15, -0.1) is 0 Å². The van der Waals surface area contributed by atoms with E-state index in [1.807, 2.05) is 0 Å². The number of rotatable bonds is 2. The van der Waals surface area contributed by atoms with E-state index >= 15 is 0 Å². The van der Waals surface area contributed by atoms with Crippen molar-refractivity contribution in [3.05, 3.63) is 28.3 Å². The maximum Gasteiger partial charge on any atom is 0.281 e. The van der Waals surface area contributed by atoms with E-state index in [2.05, 4.69) is 4.98 Å². The first-order valence-electron chi connectivity index (χ1n) is 3.15. The van der Waals surface area contributed by atoms with Crippen molar-refractivity contribution in [2.24, 2.45) is 0 Å². The van der Waals surface area contributed by atoms with E-state index in [-0.39, 0.29) is 6.29 Å². The minimum Gasteiger partial charge on any atom is -0.298 e. The van der Waals surface area contributed by atoms with Crippen LogP contribution in [-0.4, -0.2) is 11.3 Å². The summed E-state index contributed by atoms with van der Waals surface area (Å²) in [6.45, 7) is 0. The zero-order valence-electron chi connectivity index (χ0n) is 6.10. The fraction of sp³-hybridized carbons (Fsp3) is 0.143. The zero-order chi connectivity index (χ0) is 10.0. The maximum absolute atomic E-state index is 12.6. The number of nitrogens with zero attached hydrogens (tertiary/aromatic N) is 1. The number of aromatic nitrogens is 1. The van der Waals surface area contributed by atoms with Crippen LogP contribution in [0, 0.1) is 5.82 Å². The molecule has 0 amide bonds. The summed E-state index contributed by atoms with van der Waals surface area (Å²) < 4.78 is 36.9. The highest BCUT2D eigenvalue weighted by atomic mass is 35.5. The zero-order valence-corrected chi connectivity index (χ0v) is 6.86. The van der Waals surface area contributed by atoms with Gasteiger partial charge in [0.25, 0.3) is 6.43 Å². The number of hydrogen-bond acceptors (Lipinski definition) is 2. The van der Waals surface area contributed by atoms with Crippen molar-refractivity contribution in [2.45, 2.75) is 6.43 Å². The van der Waals surface area contributed by atoms with E-state index in [0.29, 0.717) is 6.20 Å². The Balaban J connectivity index is 3.38. The third-order valence-corrected chi connectivity index (χ3v) is 1.75. The number of halogens is 4. The first kappa shape index (κ1) is 9.98. The Morgan fingerprint density at radius 2 is 2.15 bits per heavy atom. The molecule has 2 nitrogen and oxygen atoms in total. The van der Waals surface area contributed by atoms with Gasteiger partial charge in [-0.1, -0.05) is 11.6 Å². The van der Waals surface area contributed by atoms with Gasteiger partial charge in [-0.25, -0.2) is 13.2 Å². The molecule has 0 aliphatic heterocycles. The quantitative estimate of drug-likeness (QED) is 0.701. The summed E-state index contributed by atoms with van der Waals surface area (Å²) in [5.74, 6) is -0.992. The summed E-state index contributed by atoms with van der Waals surface area (Å²) >= 11 is 5.26. The highest BCUT2D eigenvalue weighted by Gasteiger charge is 2.19. The monoisotopic (exact) mass is 209 g/mol. The van der Waals surface area contributed by atoms with E-state index in [4.69, 9.17) is 11.6 Å². The van der Waals surface area contributed by atoms with Crippen LogP contribution in [0.3, 0.4) is 0 Å². The second-order valence-electron chi connectivity index (χ2n) is 2.14. The average Bonchev–Trinajstić information content (AvgIpc) is 2.09. The van der Waals surface area contributed by atoms with Crippen LogP contribution in [-0.2, 0) is 0 Å². The van der Waals surface area contributed by atoms with Gasteiger partial charge in [-0.05, 0) is 0 Å². The Bertz CT molecular complexity index is 343. The third kappa shape index (κ3) is 1.80. The molecule has 0 N–H and O–H groups in total. The van der Waals surface area contributed by atoms with Crippen LogP contribution in [0.2, 0.25) is 5.02 Å². The molecule has 0 aliphatic carbocycles. The van der Waals surface area contributed by atoms with Crippen molar-refractivity contribution < 1.29 is 18.0 Å². The van der Waals surface area contributed by atoms with Crippen LogP contribution in [0.4, 0.5) is 13.2 Å². The van der Waals surface area contributed by atoms with Gasteiger partial charge in [0.2, 0.25) is 0 Å². The molecule has 0 radical (unpaired) electrons. The molecule has 0 aliphatic rings. The van der Waals surface area contributed by atoms with Crippen LogP contribution in [0.1, 0.15) is 22.5 Å². The molecule has 0 unspecified atom stereocenters. The van der Waals surface area contributed by atoms with Gasteiger partial charge in [0.1, 0.15) is 5.69 Å². The lowest BCUT2D eigenvalue weighted by Crippen LogP contribution is -2.00. The molecule has 0 atom stereocenters. The van der Waals surface area contributed by atoms with E-state index in [0.717, 1.165) is 0 Å². The molecule has 0 aromatic carbocycles. The minimum atomic E-state index is -2.95. The number of pyridine rings is 1. The Labute approximate surface area is 76.3 Å². The molecular weight excluding hydrogens is 207 g/mol. The predicted molar refractivity (Wildman–Crippen MR) is 39.5 cm³/mol. The van der Waals surface area contributed by atoms with E-state index in [1.165, 1.54) is 0 Å². The van der Waals surface area contributed by atoms with Crippen LogP contribution < -0.4 is 0 Å². The summed E-state index contributed by atoms with van der Waals surface area (Å²) in [5.41, 5.74) is -1.40. The van der Waals surface area contributed by atoms with E-state index < -0.39 is 28.5 Å². The van der Waals surface area contributed by atoms with Gasteiger partial charge >= 0.3 is 0 Å². The molecule has 0 spiro atoms. The Morgan fingerprint density at radius 3 is 2.62 bits per heavy atom. The number of aldehydes is 1.